The van der Waals surface area contributed by atoms with Crippen LogP contribution < -0.4 is 20.3 Å². The molecule has 10 heteroatoms. The van der Waals surface area contributed by atoms with Gasteiger partial charge in [0, 0.05) is 32.9 Å². The van der Waals surface area contributed by atoms with Gasteiger partial charge in [0.1, 0.15) is 11.5 Å². The number of hydrogen-bond acceptors (Lipinski definition) is 6. The Balaban J connectivity index is 1.79. The molecule has 0 atom stereocenters. The van der Waals surface area contributed by atoms with Crippen LogP contribution in [-0.2, 0) is 9.59 Å². The molecule has 2 N–H and O–H groups in total. The summed E-state index contributed by atoms with van der Waals surface area (Å²) < 4.78 is 12.2. The Morgan fingerprint density at radius 1 is 0.833 bits per heavy atom. The monoisotopic (exact) mass is 538 g/mol. The van der Waals surface area contributed by atoms with Gasteiger partial charge in [-0.2, -0.15) is 10.2 Å². The first-order valence-corrected chi connectivity index (χ1v) is 10.3. The zero-order valence-electron chi connectivity index (χ0n) is 16.3. The second kappa shape index (κ2) is 12.1. The standard InChI is InChI=1S/C20H20Br2N4O4/c1-29-17-5-3-15(21)9-13(17)11-23-25-19(27)7-8-20(28)26-24-12-14-10-16(22)4-6-18(14)30-2/h3-6,9-12H,7-8H2,1-2H3,(H,25,27)(H,26,28)/b23-11-,24-12-. The Morgan fingerprint density at radius 3 is 1.60 bits per heavy atom. The Labute approximate surface area is 191 Å². The molecule has 0 aliphatic rings. The minimum Gasteiger partial charge on any atom is -0.496 e. The summed E-state index contributed by atoms with van der Waals surface area (Å²) >= 11 is 6.73. The number of ether oxygens (including phenoxy) is 2. The Morgan fingerprint density at radius 2 is 1.23 bits per heavy atom. The lowest BCUT2D eigenvalue weighted by Gasteiger charge is -2.05. The van der Waals surface area contributed by atoms with Crippen LogP contribution in [0.3, 0.4) is 0 Å². The van der Waals surface area contributed by atoms with Crippen molar-refractivity contribution in [3.05, 3.63) is 56.5 Å². The first-order valence-electron chi connectivity index (χ1n) is 8.74. The van der Waals surface area contributed by atoms with E-state index >= 15 is 0 Å². The number of methoxy groups -OCH3 is 2. The van der Waals surface area contributed by atoms with Crippen LogP contribution in [0.5, 0.6) is 11.5 Å². The molecule has 158 valence electrons. The van der Waals surface area contributed by atoms with Crippen molar-refractivity contribution in [2.75, 3.05) is 14.2 Å². The highest BCUT2D eigenvalue weighted by Gasteiger charge is 2.06. The van der Waals surface area contributed by atoms with Crippen LogP contribution in [0.1, 0.15) is 24.0 Å². The molecule has 0 heterocycles. The van der Waals surface area contributed by atoms with Crippen LogP contribution >= 0.6 is 31.9 Å². The molecule has 2 amide bonds. The maximum atomic E-state index is 11.9. The van der Waals surface area contributed by atoms with Gasteiger partial charge in [-0.1, -0.05) is 31.9 Å². The summed E-state index contributed by atoms with van der Waals surface area (Å²) in [6.07, 6.45) is 2.87. The van der Waals surface area contributed by atoms with Crippen LogP contribution in [0.4, 0.5) is 0 Å². The van der Waals surface area contributed by atoms with E-state index in [0.717, 1.165) is 8.95 Å². The summed E-state index contributed by atoms with van der Waals surface area (Å²) in [5.74, 6) is 0.451. The van der Waals surface area contributed by atoms with E-state index < -0.39 is 11.8 Å². The first kappa shape index (κ1) is 23.6. The lowest BCUT2D eigenvalue weighted by molar-refractivity contribution is -0.126. The van der Waals surface area contributed by atoms with Crippen molar-refractivity contribution in [2.45, 2.75) is 12.8 Å². The number of hydrogen-bond donors (Lipinski definition) is 2. The minimum atomic E-state index is -0.395. The predicted molar refractivity (Wildman–Crippen MR) is 122 cm³/mol. The summed E-state index contributed by atoms with van der Waals surface area (Å²) in [5.41, 5.74) is 6.15. The number of halogens is 2. The fourth-order valence-electron chi connectivity index (χ4n) is 2.30. The van der Waals surface area contributed by atoms with Crippen molar-refractivity contribution in [3.8, 4) is 11.5 Å². The molecule has 0 aromatic heterocycles. The highest BCUT2D eigenvalue weighted by atomic mass is 79.9. The third-order valence-electron chi connectivity index (χ3n) is 3.75. The second-order valence-corrected chi connectivity index (χ2v) is 7.69. The number of carbonyl (C=O) groups excluding carboxylic acids is 2. The van der Waals surface area contributed by atoms with E-state index in [-0.39, 0.29) is 12.8 Å². The summed E-state index contributed by atoms with van der Waals surface area (Å²) in [6, 6.07) is 10.8. The number of nitrogens with one attached hydrogen (secondary N) is 2. The fourth-order valence-corrected chi connectivity index (χ4v) is 3.06. The molecule has 8 nitrogen and oxygen atoms in total. The Bertz CT molecular complexity index is 886. The molecule has 0 saturated heterocycles. The minimum absolute atomic E-state index is 0.0332. The number of nitrogens with zero attached hydrogens (tertiary/aromatic N) is 2. The van der Waals surface area contributed by atoms with Gasteiger partial charge in [0.05, 0.1) is 26.6 Å². The largest absolute Gasteiger partial charge is 0.496 e. The van der Waals surface area contributed by atoms with Gasteiger partial charge in [0.25, 0.3) is 0 Å². The van der Waals surface area contributed by atoms with Crippen molar-refractivity contribution in [3.63, 3.8) is 0 Å². The van der Waals surface area contributed by atoms with Gasteiger partial charge in [-0.25, -0.2) is 10.9 Å². The van der Waals surface area contributed by atoms with E-state index in [2.05, 4.69) is 52.9 Å². The number of benzene rings is 2. The summed E-state index contributed by atoms with van der Waals surface area (Å²) in [4.78, 5) is 23.7. The zero-order valence-corrected chi connectivity index (χ0v) is 19.5. The SMILES string of the molecule is COc1ccc(Br)cc1/C=N\NC(=O)CCC(=O)N/N=C\c1cc(Br)ccc1OC. The molecular weight excluding hydrogens is 520 g/mol. The number of hydrazone groups is 2. The van der Waals surface area contributed by atoms with E-state index in [4.69, 9.17) is 9.47 Å². The van der Waals surface area contributed by atoms with Crippen LogP contribution in [0.2, 0.25) is 0 Å². The van der Waals surface area contributed by atoms with Gasteiger partial charge >= 0.3 is 0 Å². The van der Waals surface area contributed by atoms with Gasteiger partial charge in [-0.05, 0) is 36.4 Å². The molecule has 30 heavy (non-hydrogen) atoms. The molecule has 0 aliphatic carbocycles. The number of rotatable bonds is 9. The maximum absolute atomic E-state index is 11.9. The van der Waals surface area contributed by atoms with Crippen molar-refractivity contribution >= 4 is 56.1 Å². The average Bonchev–Trinajstić information content (AvgIpc) is 2.72. The maximum Gasteiger partial charge on any atom is 0.240 e. The molecule has 2 rings (SSSR count). The summed E-state index contributed by atoms with van der Waals surface area (Å²) in [6.45, 7) is 0. The zero-order chi connectivity index (χ0) is 21.9. The van der Waals surface area contributed by atoms with Crippen LogP contribution in [0.25, 0.3) is 0 Å². The lowest BCUT2D eigenvalue weighted by Crippen LogP contribution is -2.22. The highest BCUT2D eigenvalue weighted by molar-refractivity contribution is 9.10. The molecule has 0 fully saturated rings. The number of amides is 2. The van der Waals surface area contributed by atoms with Crippen LogP contribution in [-0.4, -0.2) is 38.5 Å². The van der Waals surface area contributed by atoms with E-state index in [1.165, 1.54) is 12.4 Å². The van der Waals surface area contributed by atoms with E-state index in [1.807, 2.05) is 12.1 Å². The summed E-state index contributed by atoms with van der Waals surface area (Å²) in [5, 5.41) is 7.79. The molecule has 2 aromatic rings. The quantitative estimate of drug-likeness (QED) is 0.375. The van der Waals surface area contributed by atoms with Gasteiger partial charge in [-0.3, -0.25) is 9.59 Å². The first-order chi connectivity index (χ1) is 14.4. The number of carbonyl (C=O) groups is 2. The predicted octanol–water partition coefficient (Wildman–Crippen LogP) is 3.61. The van der Waals surface area contributed by atoms with Gasteiger partial charge in [-0.15, -0.1) is 0 Å². The normalized spacial score (nSPS) is 10.9. The second-order valence-electron chi connectivity index (χ2n) is 5.86. The van der Waals surface area contributed by atoms with Crippen molar-refractivity contribution in [2.24, 2.45) is 10.2 Å². The van der Waals surface area contributed by atoms with Crippen LogP contribution in [0.15, 0.2) is 55.5 Å². The molecule has 0 saturated carbocycles. The lowest BCUT2D eigenvalue weighted by atomic mass is 10.2. The van der Waals surface area contributed by atoms with Crippen LogP contribution in [0, 0.1) is 0 Å². The van der Waals surface area contributed by atoms with Crippen molar-refractivity contribution in [1.29, 1.82) is 0 Å². The molecule has 0 spiro atoms. The Kier molecular flexibility index (Phi) is 9.49. The van der Waals surface area contributed by atoms with E-state index in [0.29, 0.717) is 22.6 Å². The third kappa shape index (κ3) is 7.60. The van der Waals surface area contributed by atoms with Gasteiger partial charge in [0.15, 0.2) is 0 Å². The molecule has 0 radical (unpaired) electrons. The average molecular weight is 540 g/mol. The van der Waals surface area contributed by atoms with Gasteiger partial charge in [0.2, 0.25) is 11.8 Å². The van der Waals surface area contributed by atoms with E-state index in [9.17, 15) is 9.59 Å². The highest BCUT2D eigenvalue weighted by Crippen LogP contribution is 2.22. The Hall–Kier alpha value is -2.72. The molecule has 0 aliphatic heterocycles. The third-order valence-corrected chi connectivity index (χ3v) is 4.73. The fraction of sp³-hybridized carbons (Fsp3) is 0.200. The van der Waals surface area contributed by atoms with Gasteiger partial charge < -0.3 is 9.47 Å². The molecule has 0 bridgehead atoms. The topological polar surface area (TPSA) is 101 Å². The molecule has 0 unspecified atom stereocenters. The smallest absolute Gasteiger partial charge is 0.240 e. The molecule has 2 aromatic carbocycles. The van der Waals surface area contributed by atoms with Crippen molar-refractivity contribution < 1.29 is 19.1 Å². The summed E-state index contributed by atoms with van der Waals surface area (Å²) in [7, 11) is 3.10. The van der Waals surface area contributed by atoms with E-state index in [1.54, 1.807) is 38.5 Å². The molecular formula is C20H20Br2N4O4. The van der Waals surface area contributed by atoms with Crippen molar-refractivity contribution in [1.82, 2.24) is 10.9 Å².